The van der Waals surface area contributed by atoms with Crippen LogP contribution in [0, 0.1) is 30.1 Å². The molecule has 4 aliphatic rings. The van der Waals surface area contributed by atoms with E-state index in [1.54, 1.807) is 14.2 Å². The molecule has 1 aromatic carbocycles. The van der Waals surface area contributed by atoms with Crippen LogP contribution in [0.1, 0.15) is 50.0 Å². The summed E-state index contributed by atoms with van der Waals surface area (Å²) in [5, 5.41) is 9.79. The zero-order valence-corrected chi connectivity index (χ0v) is 19.6. The second-order valence-corrected chi connectivity index (χ2v) is 10.4. The van der Waals surface area contributed by atoms with E-state index in [0.717, 1.165) is 47.1 Å². The summed E-state index contributed by atoms with van der Waals surface area (Å²) in [7, 11) is 3.30. The van der Waals surface area contributed by atoms with Crippen molar-refractivity contribution in [2.45, 2.75) is 52.0 Å². The number of rotatable bonds is 9. The molecule has 0 radical (unpaired) electrons. The van der Waals surface area contributed by atoms with Gasteiger partial charge in [-0.15, -0.1) is 0 Å². The van der Waals surface area contributed by atoms with Gasteiger partial charge < -0.3 is 19.0 Å². The fourth-order valence-electron chi connectivity index (χ4n) is 7.20. The number of aliphatic hydroxyl groups is 1. The van der Waals surface area contributed by atoms with E-state index in [9.17, 15) is 5.11 Å². The molecular formula is C26H36N2O4. The van der Waals surface area contributed by atoms with E-state index in [-0.39, 0.29) is 6.61 Å². The number of ether oxygens (including phenoxy) is 2. The van der Waals surface area contributed by atoms with Crippen LogP contribution in [0.3, 0.4) is 0 Å². The van der Waals surface area contributed by atoms with Crippen LogP contribution in [0.25, 0.3) is 11.5 Å². The summed E-state index contributed by atoms with van der Waals surface area (Å²) in [5.41, 5.74) is 2.15. The van der Waals surface area contributed by atoms with Gasteiger partial charge >= 0.3 is 0 Å². The number of hydrogen-bond donors (Lipinski definition) is 1. The number of oxazole rings is 1. The third-order valence-electron chi connectivity index (χ3n) is 8.04. The van der Waals surface area contributed by atoms with Gasteiger partial charge in [0.2, 0.25) is 5.89 Å². The van der Waals surface area contributed by atoms with Gasteiger partial charge in [-0.3, -0.25) is 4.90 Å². The van der Waals surface area contributed by atoms with Gasteiger partial charge in [-0.05, 0) is 86.8 Å². The van der Waals surface area contributed by atoms with Gasteiger partial charge in [0.1, 0.15) is 17.3 Å². The first kappa shape index (κ1) is 21.8. The molecule has 0 spiro atoms. The Hall–Kier alpha value is -2.05. The van der Waals surface area contributed by atoms with Crippen LogP contribution in [0.5, 0.6) is 11.5 Å². The van der Waals surface area contributed by atoms with Crippen molar-refractivity contribution in [1.29, 1.82) is 0 Å². The maximum atomic E-state index is 9.79. The Morgan fingerprint density at radius 1 is 1.09 bits per heavy atom. The molecule has 4 saturated carbocycles. The fraction of sp³-hybridized carbons (Fsp3) is 0.654. The standard InChI is InChI=1S/C26H36N2O4/c1-17-23(27-25(32-17)22-11-21(30-2)4-5-24(22)31-3)15-28(6-7-29)16-26-12-18-8-19(13-26)10-20(9-18)14-26/h4-5,11,18-20,29H,6-10,12-16H2,1-3H3. The smallest absolute Gasteiger partial charge is 0.230 e. The maximum Gasteiger partial charge on any atom is 0.230 e. The first-order chi connectivity index (χ1) is 15.5. The summed E-state index contributed by atoms with van der Waals surface area (Å²) in [6, 6.07) is 5.64. The quantitative estimate of drug-likeness (QED) is 0.611. The minimum atomic E-state index is 0.166. The van der Waals surface area contributed by atoms with Gasteiger partial charge in [0.05, 0.1) is 32.1 Å². The van der Waals surface area contributed by atoms with Gasteiger partial charge in [-0.1, -0.05) is 0 Å². The molecule has 0 aliphatic heterocycles. The Labute approximate surface area is 190 Å². The van der Waals surface area contributed by atoms with Crippen molar-refractivity contribution in [3.8, 4) is 23.0 Å². The second-order valence-electron chi connectivity index (χ2n) is 10.4. The van der Waals surface area contributed by atoms with Crippen molar-refractivity contribution < 1.29 is 19.0 Å². The highest BCUT2D eigenvalue weighted by Gasteiger charge is 2.51. The molecule has 6 heteroatoms. The summed E-state index contributed by atoms with van der Waals surface area (Å²) in [6.45, 7) is 4.57. The minimum Gasteiger partial charge on any atom is -0.497 e. The summed E-state index contributed by atoms with van der Waals surface area (Å²) >= 11 is 0. The van der Waals surface area contributed by atoms with Crippen molar-refractivity contribution in [2.75, 3.05) is 33.9 Å². The molecule has 2 aromatic rings. The Balaban J connectivity index is 1.36. The molecule has 1 aromatic heterocycles. The van der Waals surface area contributed by atoms with E-state index in [4.69, 9.17) is 18.9 Å². The van der Waals surface area contributed by atoms with E-state index in [2.05, 4.69) is 4.90 Å². The van der Waals surface area contributed by atoms with Crippen molar-refractivity contribution in [2.24, 2.45) is 23.2 Å². The summed E-state index contributed by atoms with van der Waals surface area (Å²) < 4.78 is 17.0. The van der Waals surface area contributed by atoms with Gasteiger partial charge in [-0.2, -0.15) is 0 Å². The van der Waals surface area contributed by atoms with Crippen molar-refractivity contribution in [3.63, 3.8) is 0 Å². The maximum absolute atomic E-state index is 9.79. The van der Waals surface area contributed by atoms with Crippen LogP contribution >= 0.6 is 0 Å². The summed E-state index contributed by atoms with van der Waals surface area (Å²) in [6.07, 6.45) is 8.45. The third-order valence-corrected chi connectivity index (χ3v) is 8.04. The highest BCUT2D eigenvalue weighted by molar-refractivity contribution is 5.65. The molecule has 0 unspecified atom stereocenters. The van der Waals surface area contributed by atoms with E-state index in [0.29, 0.717) is 30.1 Å². The predicted molar refractivity (Wildman–Crippen MR) is 123 cm³/mol. The van der Waals surface area contributed by atoms with Crippen molar-refractivity contribution in [1.82, 2.24) is 9.88 Å². The molecule has 0 atom stereocenters. The van der Waals surface area contributed by atoms with Crippen LogP contribution in [-0.4, -0.2) is 48.9 Å². The van der Waals surface area contributed by atoms with Gasteiger partial charge in [0, 0.05) is 19.6 Å². The molecule has 4 fully saturated rings. The van der Waals surface area contributed by atoms with Gasteiger partial charge in [0.25, 0.3) is 0 Å². The molecule has 4 aliphatic carbocycles. The van der Waals surface area contributed by atoms with Crippen molar-refractivity contribution >= 4 is 0 Å². The molecule has 1 N–H and O–H groups in total. The Morgan fingerprint density at radius 2 is 1.78 bits per heavy atom. The average molecular weight is 441 g/mol. The largest absolute Gasteiger partial charge is 0.497 e. The normalized spacial score (nSPS) is 28.5. The number of methoxy groups -OCH3 is 2. The number of hydrogen-bond acceptors (Lipinski definition) is 6. The minimum absolute atomic E-state index is 0.166. The first-order valence-electron chi connectivity index (χ1n) is 12.0. The number of aromatic nitrogens is 1. The first-order valence-corrected chi connectivity index (χ1v) is 12.0. The topological polar surface area (TPSA) is 68.0 Å². The fourth-order valence-corrected chi connectivity index (χ4v) is 7.20. The summed E-state index contributed by atoms with van der Waals surface area (Å²) in [4.78, 5) is 7.26. The Bertz CT molecular complexity index is 918. The third kappa shape index (κ3) is 4.15. The molecule has 1 heterocycles. The van der Waals surface area contributed by atoms with Crippen LogP contribution < -0.4 is 9.47 Å². The molecule has 174 valence electrons. The zero-order chi connectivity index (χ0) is 22.3. The molecular weight excluding hydrogens is 404 g/mol. The monoisotopic (exact) mass is 440 g/mol. The molecule has 6 rings (SSSR count). The lowest BCUT2D eigenvalue weighted by atomic mass is 9.49. The molecule has 4 bridgehead atoms. The number of aliphatic hydroxyl groups excluding tert-OH is 1. The van der Waals surface area contributed by atoms with E-state index >= 15 is 0 Å². The van der Waals surface area contributed by atoms with E-state index in [1.807, 2.05) is 25.1 Å². The van der Waals surface area contributed by atoms with Crippen LogP contribution in [0.4, 0.5) is 0 Å². The Morgan fingerprint density at radius 3 is 2.38 bits per heavy atom. The molecule has 0 amide bonds. The highest BCUT2D eigenvalue weighted by atomic mass is 16.5. The van der Waals surface area contributed by atoms with Crippen LogP contribution in [-0.2, 0) is 6.54 Å². The average Bonchev–Trinajstić information content (AvgIpc) is 3.12. The molecule has 0 saturated heterocycles. The lowest BCUT2D eigenvalue weighted by molar-refractivity contribution is -0.0715. The summed E-state index contributed by atoms with van der Waals surface area (Å²) in [5.74, 6) is 5.60. The van der Waals surface area contributed by atoms with Gasteiger partial charge in [0.15, 0.2) is 0 Å². The number of benzene rings is 1. The molecule has 32 heavy (non-hydrogen) atoms. The van der Waals surface area contributed by atoms with Crippen LogP contribution in [0.15, 0.2) is 22.6 Å². The number of aryl methyl sites for hydroxylation is 1. The van der Waals surface area contributed by atoms with E-state index in [1.165, 1.54) is 38.5 Å². The van der Waals surface area contributed by atoms with Crippen LogP contribution in [0.2, 0.25) is 0 Å². The van der Waals surface area contributed by atoms with Crippen molar-refractivity contribution in [3.05, 3.63) is 29.7 Å². The second kappa shape index (κ2) is 8.71. The van der Waals surface area contributed by atoms with Gasteiger partial charge in [-0.25, -0.2) is 4.98 Å². The zero-order valence-electron chi connectivity index (χ0n) is 19.6. The lowest BCUT2D eigenvalue weighted by Crippen LogP contribution is -2.51. The lowest BCUT2D eigenvalue weighted by Gasteiger charge is -2.58. The van der Waals surface area contributed by atoms with E-state index < -0.39 is 0 Å². The Kier molecular flexibility index (Phi) is 5.93. The molecule has 6 nitrogen and oxygen atoms in total. The SMILES string of the molecule is COc1ccc(OC)c(-c2nc(CN(CCO)CC34CC5CC(CC(C5)C3)C4)c(C)o2)c1. The highest BCUT2D eigenvalue weighted by Crippen LogP contribution is 2.60. The predicted octanol–water partition coefficient (Wildman–Crippen LogP) is 4.68. The number of nitrogens with zero attached hydrogens (tertiary/aromatic N) is 2.